The van der Waals surface area contributed by atoms with Gasteiger partial charge in [0.15, 0.2) is 0 Å². The molecule has 6 atom stereocenters. The molecule has 0 bridgehead atoms. The number of carbonyl (C=O) groups is 3. The van der Waals surface area contributed by atoms with Crippen molar-refractivity contribution in [3.8, 4) is 0 Å². The van der Waals surface area contributed by atoms with E-state index in [-0.39, 0.29) is 55.4 Å². The summed E-state index contributed by atoms with van der Waals surface area (Å²) in [6.45, 7) is 26.7. The van der Waals surface area contributed by atoms with E-state index < -0.39 is 16.8 Å². The number of carbonyl (C=O) groups excluding carboxylic acids is 3. The molecule has 6 aliphatic rings. The summed E-state index contributed by atoms with van der Waals surface area (Å²) in [5.41, 5.74) is 0.581. The van der Waals surface area contributed by atoms with Crippen LogP contribution in [0.1, 0.15) is 138 Å². The summed E-state index contributed by atoms with van der Waals surface area (Å²) >= 11 is 0. The zero-order valence-electron chi connectivity index (χ0n) is 42.9. The fourth-order valence-corrected chi connectivity index (χ4v) is 9.99. The molecule has 16 nitrogen and oxygen atoms in total. The number of hydrogen-bond donors (Lipinski definition) is 3. The van der Waals surface area contributed by atoms with Gasteiger partial charge in [0, 0.05) is 74.3 Å². The van der Waals surface area contributed by atoms with Crippen LogP contribution in [0, 0.1) is 17.8 Å². The molecule has 3 N–H and O–H groups in total. The first-order valence-corrected chi connectivity index (χ1v) is 25.0. The Kier molecular flexibility index (Phi) is 26.6. The Morgan fingerprint density at radius 1 is 0.575 bits per heavy atom. The van der Waals surface area contributed by atoms with Gasteiger partial charge in [-0.25, -0.2) is 14.4 Å². The first kappa shape index (κ1) is 66.2. The summed E-state index contributed by atoms with van der Waals surface area (Å²) in [5, 5.41) is 9.09. The van der Waals surface area contributed by atoms with Gasteiger partial charge in [-0.3, -0.25) is 14.5 Å². The summed E-state index contributed by atoms with van der Waals surface area (Å²) in [6, 6.07) is 9.26. The first-order valence-electron chi connectivity index (χ1n) is 25.0. The third-order valence-corrected chi connectivity index (χ3v) is 13.4. The average Bonchev–Trinajstić information content (AvgIpc) is 4.12. The highest BCUT2D eigenvalue weighted by atomic mass is 16.6. The van der Waals surface area contributed by atoms with Crippen LogP contribution in [0.25, 0.3) is 21.8 Å². The maximum Gasteiger partial charge on any atom is 0.419 e. The van der Waals surface area contributed by atoms with E-state index in [1.54, 1.807) is 24.8 Å². The number of likely N-dealkylation sites (N-methyl/N-ethyl adjacent to an activating group) is 2. The predicted octanol–water partition coefficient (Wildman–Crippen LogP) is 11.4. The van der Waals surface area contributed by atoms with Crippen molar-refractivity contribution < 1.29 is 28.6 Å². The number of fused-ring (bicyclic) bond motifs is 5. The smallest absolute Gasteiger partial charge is 0.419 e. The summed E-state index contributed by atoms with van der Waals surface area (Å²) < 4.78 is 17.7. The lowest BCUT2D eigenvalue weighted by Gasteiger charge is -2.37. The summed E-state index contributed by atoms with van der Waals surface area (Å²) in [7, 11) is 4.35. The van der Waals surface area contributed by atoms with Crippen LogP contribution in [0.2, 0.25) is 0 Å². The van der Waals surface area contributed by atoms with E-state index in [9.17, 15) is 14.4 Å². The first-order chi connectivity index (χ1) is 32.1. The molecule has 2 amide bonds. The van der Waals surface area contributed by atoms with Crippen LogP contribution >= 0.6 is 0 Å². The molecule has 0 aromatic carbocycles. The van der Waals surface area contributed by atoms with E-state index in [1.165, 1.54) is 55.3 Å². The molecule has 6 unspecified atom stereocenters. The maximum absolute atomic E-state index is 12.1. The summed E-state index contributed by atoms with van der Waals surface area (Å²) in [4.78, 5) is 55.5. The highest BCUT2D eigenvalue weighted by Gasteiger charge is 2.42. The lowest BCUT2D eigenvalue weighted by Crippen LogP contribution is -2.49. The number of amides is 2. The van der Waals surface area contributed by atoms with Crippen molar-refractivity contribution >= 4 is 40.1 Å². The van der Waals surface area contributed by atoms with Crippen LogP contribution in [-0.4, -0.2) is 165 Å². The van der Waals surface area contributed by atoms with Crippen molar-refractivity contribution in [1.82, 2.24) is 49.8 Å². The van der Waals surface area contributed by atoms with Gasteiger partial charge in [0.1, 0.15) is 16.8 Å². The standard InChI is InChI=1S/C13H24N2O2.C12H22N2O2.C12H14N2O2.C8H16N2.C7H6N2.5CH4/c1-13(2,3)17-12(16)15-8-6-10-5-7-14(4)9-11(10)15;2*1-12(2,3)16-11(15)14-7-5-9-4-6-13-8-10(9)14;1-10-5-3-7-2-4-9-8(7)6-10;1-3-8-5-7-6(1)2-4-9-7;;;;;/h10-11H,5-9H2,1-4H3;9-10,13H,4-8H2,1-3H3;4-8H,1-3H3;7-9H,2-6H2,1H3;1-5,9H;5*1H4. The number of rotatable bonds is 0. The minimum absolute atomic E-state index is 0. The largest absolute Gasteiger partial charge is 0.444 e. The topological polar surface area (TPSA) is 162 Å². The minimum Gasteiger partial charge on any atom is -0.444 e. The Morgan fingerprint density at radius 2 is 1.08 bits per heavy atom. The number of H-pyrrole nitrogens is 1. The molecule has 0 aliphatic carbocycles. The third kappa shape index (κ3) is 19.8. The molecule has 6 saturated heterocycles. The number of piperidine rings is 3. The average molecular weight is 1020 g/mol. The zero-order chi connectivity index (χ0) is 49.2. The number of ether oxygens (including phenoxy) is 3. The Bertz CT molecular complexity index is 2200. The van der Waals surface area contributed by atoms with Crippen molar-refractivity contribution in [3.05, 3.63) is 61.4 Å². The van der Waals surface area contributed by atoms with Crippen LogP contribution in [-0.2, 0) is 14.2 Å². The van der Waals surface area contributed by atoms with Gasteiger partial charge in [-0.05, 0) is 183 Å². The Balaban J connectivity index is 0.000000456. The third-order valence-electron chi connectivity index (χ3n) is 13.4. The van der Waals surface area contributed by atoms with Gasteiger partial charge in [-0.15, -0.1) is 0 Å². The molecule has 416 valence electrons. The highest BCUT2D eigenvalue weighted by molar-refractivity contribution is 5.88. The predicted molar refractivity (Wildman–Crippen MR) is 302 cm³/mol. The van der Waals surface area contributed by atoms with E-state index in [0.717, 1.165) is 80.5 Å². The van der Waals surface area contributed by atoms with Crippen molar-refractivity contribution in [2.24, 2.45) is 17.8 Å². The van der Waals surface area contributed by atoms with Crippen molar-refractivity contribution in [1.29, 1.82) is 0 Å². The van der Waals surface area contributed by atoms with Crippen LogP contribution in [0.4, 0.5) is 14.4 Å². The number of hydrogen-bond acceptors (Lipinski definition) is 12. The van der Waals surface area contributed by atoms with Gasteiger partial charge in [-0.2, -0.15) is 0 Å². The lowest BCUT2D eigenvalue weighted by atomic mass is 9.92. The molecule has 4 aromatic rings. The molecule has 73 heavy (non-hydrogen) atoms. The number of nitrogens with zero attached hydrogens (tertiary/aromatic N) is 7. The highest BCUT2D eigenvalue weighted by Crippen LogP contribution is 2.33. The Hall–Kier alpha value is -4.77. The van der Waals surface area contributed by atoms with Crippen LogP contribution < -0.4 is 10.6 Å². The van der Waals surface area contributed by atoms with Crippen LogP contribution in [0.15, 0.2) is 61.4 Å². The SMILES string of the molecule is C.C.C.C.C.CC(C)(C)OC(=O)N1CCC2CCNCC21.CC(C)(C)OC(=O)n1ccc2ccncc21.CN1CCC2CCN(C(=O)OC(C)(C)C)C2C1.CN1CCC2CCNC2C1.c1cc2cc[nH]c2cn1. The van der Waals surface area contributed by atoms with Crippen LogP contribution in [0.5, 0.6) is 0 Å². The Labute approximate surface area is 442 Å². The molecule has 16 heteroatoms. The van der Waals surface area contributed by atoms with Gasteiger partial charge in [-0.1, -0.05) is 37.1 Å². The zero-order valence-corrected chi connectivity index (χ0v) is 42.9. The van der Waals surface area contributed by atoms with Crippen molar-refractivity contribution in [3.63, 3.8) is 0 Å². The van der Waals surface area contributed by atoms with E-state index in [4.69, 9.17) is 14.2 Å². The van der Waals surface area contributed by atoms with Gasteiger partial charge in [0.2, 0.25) is 0 Å². The molecule has 10 rings (SSSR count). The quantitative estimate of drug-likeness (QED) is 0.143. The fraction of sp³-hybridized carbons (Fsp3) is 0.702. The number of nitrogens with one attached hydrogen (secondary N) is 3. The number of aromatic nitrogens is 4. The second-order valence-electron chi connectivity index (χ2n) is 22.3. The molecule has 4 aromatic heterocycles. The molecular formula is C57H102N10O6. The molecule has 6 fully saturated rings. The second-order valence-corrected chi connectivity index (χ2v) is 22.3. The minimum atomic E-state index is -0.490. The fourth-order valence-electron chi connectivity index (χ4n) is 9.99. The normalized spacial score (nSPS) is 23.2. The van der Waals surface area contributed by atoms with Gasteiger partial charge >= 0.3 is 18.3 Å². The molecule has 0 saturated carbocycles. The second kappa shape index (κ2) is 29.4. The number of aromatic amines is 1. The van der Waals surface area contributed by atoms with Crippen molar-refractivity contribution in [2.45, 2.75) is 173 Å². The van der Waals surface area contributed by atoms with E-state index in [0.29, 0.717) is 23.9 Å². The molecule has 6 aliphatic heterocycles. The maximum atomic E-state index is 12.1. The van der Waals surface area contributed by atoms with Gasteiger partial charge in [0.05, 0.1) is 35.5 Å². The lowest BCUT2D eigenvalue weighted by molar-refractivity contribution is 0.0140. The number of pyridine rings is 2. The number of likely N-dealkylation sites (tertiary alicyclic amines) is 4. The van der Waals surface area contributed by atoms with E-state index in [1.807, 2.05) is 109 Å². The molecular weight excluding hydrogens is 921 g/mol. The van der Waals surface area contributed by atoms with Gasteiger partial charge in [0.25, 0.3) is 0 Å². The summed E-state index contributed by atoms with van der Waals surface area (Å²) in [5.74, 6) is 2.35. The molecule has 0 radical (unpaired) electrons. The monoisotopic (exact) mass is 1020 g/mol. The Morgan fingerprint density at radius 3 is 1.68 bits per heavy atom. The van der Waals surface area contributed by atoms with E-state index in [2.05, 4.69) is 49.5 Å². The van der Waals surface area contributed by atoms with Crippen molar-refractivity contribution in [2.75, 3.05) is 73.0 Å². The summed E-state index contributed by atoms with van der Waals surface area (Å²) in [6.07, 6.45) is 17.4. The van der Waals surface area contributed by atoms with Gasteiger partial charge < -0.3 is 49.4 Å². The van der Waals surface area contributed by atoms with Crippen LogP contribution in [0.3, 0.4) is 0 Å². The molecule has 0 spiro atoms. The van der Waals surface area contributed by atoms with E-state index >= 15 is 0 Å². The molecule has 10 heterocycles.